The average molecular weight is 281 g/mol. The summed E-state index contributed by atoms with van der Waals surface area (Å²) in [7, 11) is 2.05. The van der Waals surface area contributed by atoms with Gasteiger partial charge in [-0.1, -0.05) is 18.6 Å². The zero-order chi connectivity index (χ0) is 14.8. The van der Waals surface area contributed by atoms with Gasteiger partial charge in [0, 0.05) is 13.0 Å². The van der Waals surface area contributed by atoms with Gasteiger partial charge in [0.05, 0.1) is 6.61 Å². The monoisotopic (exact) mass is 281 g/mol. The van der Waals surface area contributed by atoms with Crippen LogP contribution in [0.3, 0.4) is 0 Å². The summed E-state index contributed by atoms with van der Waals surface area (Å²) in [5.74, 6) is -0.303. The zero-order valence-corrected chi connectivity index (χ0v) is 12.4. The molecule has 0 unspecified atom stereocenters. The molecule has 0 bridgehead atoms. The van der Waals surface area contributed by atoms with Crippen molar-refractivity contribution in [1.29, 1.82) is 0 Å². The molecule has 3 nitrogen and oxygen atoms in total. The Hall–Kier alpha value is -1.42. The minimum atomic E-state index is -0.199. The summed E-state index contributed by atoms with van der Waals surface area (Å²) in [6.45, 7) is 4.07. The van der Waals surface area contributed by atoms with Crippen molar-refractivity contribution >= 4 is 5.97 Å². The topological polar surface area (TPSA) is 29.5 Å². The molecule has 0 amide bonds. The second-order valence-corrected chi connectivity index (χ2v) is 4.98. The van der Waals surface area contributed by atoms with Crippen molar-refractivity contribution in [3.63, 3.8) is 0 Å². The molecule has 0 spiro atoms. The third kappa shape index (κ3) is 7.24. The minimum Gasteiger partial charge on any atom is -0.466 e. The Labute approximate surface area is 120 Å². The van der Waals surface area contributed by atoms with Gasteiger partial charge in [0.2, 0.25) is 0 Å². The number of esters is 1. The Morgan fingerprint density at radius 1 is 1.20 bits per heavy atom. The Balaban J connectivity index is 2.09. The standard InChI is InChI=1S/C16H24FNO2/c1-3-20-16(19)7-5-4-6-12-18(2)13-14-8-10-15(17)11-9-14/h8-11H,3-7,12-13H2,1-2H3. The first-order valence-corrected chi connectivity index (χ1v) is 7.20. The normalized spacial score (nSPS) is 10.8. The van der Waals surface area contributed by atoms with E-state index >= 15 is 0 Å². The Kier molecular flexibility index (Phi) is 7.88. The van der Waals surface area contributed by atoms with Crippen LogP contribution >= 0.6 is 0 Å². The molecule has 1 aromatic rings. The highest BCUT2D eigenvalue weighted by atomic mass is 19.1. The highest BCUT2D eigenvalue weighted by Gasteiger charge is 2.03. The smallest absolute Gasteiger partial charge is 0.305 e. The maximum absolute atomic E-state index is 12.8. The quantitative estimate of drug-likeness (QED) is 0.513. The molecule has 0 heterocycles. The third-order valence-electron chi connectivity index (χ3n) is 3.09. The van der Waals surface area contributed by atoms with Crippen molar-refractivity contribution in [1.82, 2.24) is 4.90 Å². The van der Waals surface area contributed by atoms with Gasteiger partial charge in [-0.05, 0) is 51.1 Å². The maximum atomic E-state index is 12.8. The first-order valence-electron chi connectivity index (χ1n) is 7.20. The second-order valence-electron chi connectivity index (χ2n) is 4.98. The first kappa shape index (κ1) is 16.6. The summed E-state index contributed by atoms with van der Waals surface area (Å²) in [5, 5.41) is 0. The lowest BCUT2D eigenvalue weighted by molar-refractivity contribution is -0.143. The number of nitrogens with zero attached hydrogens (tertiary/aromatic N) is 1. The highest BCUT2D eigenvalue weighted by Crippen LogP contribution is 2.07. The van der Waals surface area contributed by atoms with Crippen LogP contribution in [0, 0.1) is 5.82 Å². The Bertz CT molecular complexity index is 392. The molecule has 0 saturated heterocycles. The van der Waals surface area contributed by atoms with E-state index in [4.69, 9.17) is 4.74 Å². The summed E-state index contributed by atoms with van der Waals surface area (Å²) in [4.78, 5) is 13.4. The molecule has 0 aliphatic heterocycles. The number of halogens is 1. The van der Waals surface area contributed by atoms with Crippen molar-refractivity contribution in [3.8, 4) is 0 Å². The van der Waals surface area contributed by atoms with Gasteiger partial charge in [-0.3, -0.25) is 4.79 Å². The molecule has 4 heteroatoms. The molecule has 112 valence electrons. The van der Waals surface area contributed by atoms with Gasteiger partial charge in [0.15, 0.2) is 0 Å². The third-order valence-corrected chi connectivity index (χ3v) is 3.09. The number of hydrogen-bond acceptors (Lipinski definition) is 3. The lowest BCUT2D eigenvalue weighted by Gasteiger charge is -2.16. The number of rotatable bonds is 9. The fraction of sp³-hybridized carbons (Fsp3) is 0.562. The zero-order valence-electron chi connectivity index (χ0n) is 12.4. The summed E-state index contributed by atoms with van der Waals surface area (Å²) in [6, 6.07) is 6.60. The fourth-order valence-corrected chi connectivity index (χ4v) is 2.04. The number of benzene rings is 1. The van der Waals surface area contributed by atoms with E-state index in [1.54, 1.807) is 0 Å². The SMILES string of the molecule is CCOC(=O)CCCCCN(C)Cc1ccc(F)cc1. The lowest BCUT2D eigenvalue weighted by Crippen LogP contribution is -2.19. The molecule has 0 atom stereocenters. The maximum Gasteiger partial charge on any atom is 0.305 e. The van der Waals surface area contributed by atoms with E-state index in [1.165, 1.54) is 12.1 Å². The van der Waals surface area contributed by atoms with Crippen molar-refractivity contribution in [2.45, 2.75) is 39.2 Å². The van der Waals surface area contributed by atoms with Crippen LogP contribution in [0.25, 0.3) is 0 Å². The summed E-state index contributed by atoms with van der Waals surface area (Å²) < 4.78 is 17.7. The van der Waals surface area contributed by atoms with E-state index in [2.05, 4.69) is 11.9 Å². The van der Waals surface area contributed by atoms with Gasteiger partial charge in [0.25, 0.3) is 0 Å². The number of hydrogen-bond donors (Lipinski definition) is 0. The van der Waals surface area contributed by atoms with Crippen molar-refractivity contribution < 1.29 is 13.9 Å². The van der Waals surface area contributed by atoms with Crippen LogP contribution < -0.4 is 0 Å². The van der Waals surface area contributed by atoms with Gasteiger partial charge in [-0.15, -0.1) is 0 Å². The van der Waals surface area contributed by atoms with Gasteiger partial charge < -0.3 is 9.64 Å². The van der Waals surface area contributed by atoms with E-state index in [9.17, 15) is 9.18 Å². The fourth-order valence-electron chi connectivity index (χ4n) is 2.04. The van der Waals surface area contributed by atoms with E-state index in [1.807, 2.05) is 19.1 Å². The van der Waals surface area contributed by atoms with Gasteiger partial charge in [0.1, 0.15) is 5.82 Å². The van der Waals surface area contributed by atoms with E-state index in [-0.39, 0.29) is 11.8 Å². The molecule has 0 aromatic heterocycles. The molecule has 0 saturated carbocycles. The Morgan fingerprint density at radius 2 is 1.90 bits per heavy atom. The van der Waals surface area contributed by atoms with Gasteiger partial charge in [-0.2, -0.15) is 0 Å². The molecule has 20 heavy (non-hydrogen) atoms. The summed E-state index contributed by atoms with van der Waals surface area (Å²) in [5.41, 5.74) is 1.11. The predicted molar refractivity (Wildman–Crippen MR) is 77.8 cm³/mol. The van der Waals surface area contributed by atoms with Crippen LogP contribution in [-0.4, -0.2) is 31.1 Å². The van der Waals surface area contributed by atoms with E-state index < -0.39 is 0 Å². The Morgan fingerprint density at radius 3 is 2.55 bits per heavy atom. The average Bonchev–Trinajstić information content (AvgIpc) is 2.41. The van der Waals surface area contributed by atoms with Crippen LogP contribution in [-0.2, 0) is 16.1 Å². The van der Waals surface area contributed by atoms with Crippen LogP contribution in [0.4, 0.5) is 4.39 Å². The van der Waals surface area contributed by atoms with Crippen LogP contribution in [0.2, 0.25) is 0 Å². The van der Waals surface area contributed by atoms with Crippen molar-refractivity contribution in [2.75, 3.05) is 20.2 Å². The summed E-state index contributed by atoms with van der Waals surface area (Å²) >= 11 is 0. The molecule has 1 aromatic carbocycles. The molecule has 0 fully saturated rings. The molecular weight excluding hydrogens is 257 g/mol. The largest absolute Gasteiger partial charge is 0.466 e. The number of ether oxygens (including phenoxy) is 1. The van der Waals surface area contributed by atoms with E-state index in [0.717, 1.165) is 37.9 Å². The molecule has 1 rings (SSSR count). The molecule has 0 aliphatic carbocycles. The molecular formula is C16H24FNO2. The minimum absolute atomic E-state index is 0.104. The molecule has 0 radical (unpaired) electrons. The van der Waals surface area contributed by atoms with Crippen LogP contribution in [0.5, 0.6) is 0 Å². The number of unbranched alkanes of at least 4 members (excludes halogenated alkanes) is 2. The predicted octanol–water partition coefficient (Wildman–Crippen LogP) is 3.38. The van der Waals surface area contributed by atoms with Gasteiger partial charge in [-0.25, -0.2) is 4.39 Å². The van der Waals surface area contributed by atoms with Crippen LogP contribution in [0.15, 0.2) is 24.3 Å². The highest BCUT2D eigenvalue weighted by molar-refractivity contribution is 5.69. The van der Waals surface area contributed by atoms with Gasteiger partial charge >= 0.3 is 5.97 Å². The second kappa shape index (κ2) is 9.48. The van der Waals surface area contributed by atoms with Crippen LogP contribution in [0.1, 0.15) is 38.2 Å². The summed E-state index contributed by atoms with van der Waals surface area (Å²) in [6.07, 6.45) is 3.46. The van der Waals surface area contributed by atoms with E-state index in [0.29, 0.717) is 13.0 Å². The van der Waals surface area contributed by atoms with Crippen molar-refractivity contribution in [2.24, 2.45) is 0 Å². The lowest BCUT2D eigenvalue weighted by atomic mass is 10.1. The molecule has 0 N–H and O–H groups in total. The first-order chi connectivity index (χ1) is 9.61. The molecule has 0 aliphatic rings. The number of carbonyl (C=O) groups is 1. The van der Waals surface area contributed by atoms with Crippen molar-refractivity contribution in [3.05, 3.63) is 35.6 Å². The number of carbonyl (C=O) groups excluding carboxylic acids is 1.